The first-order chi connectivity index (χ1) is 7.13. The van der Waals surface area contributed by atoms with Crippen molar-refractivity contribution in [3.05, 3.63) is 10.7 Å². The smallest absolute Gasteiger partial charge is 0.224 e. The maximum absolute atomic E-state index is 4.38. The summed E-state index contributed by atoms with van der Waals surface area (Å²) in [4.78, 5) is 8.50. The lowest BCUT2D eigenvalue weighted by molar-refractivity contribution is 0.305. The fraction of sp³-hybridized carbons (Fsp3) is 0.600. The molecule has 2 rings (SSSR count). The van der Waals surface area contributed by atoms with Crippen molar-refractivity contribution in [3.63, 3.8) is 0 Å². The monoisotopic (exact) mass is 270 g/mol. The Bertz CT molecular complexity index is 362. The van der Waals surface area contributed by atoms with Gasteiger partial charge in [0.15, 0.2) is 0 Å². The van der Waals surface area contributed by atoms with Crippen LogP contribution in [0.5, 0.6) is 0 Å². The number of halogens is 1. The summed E-state index contributed by atoms with van der Waals surface area (Å²) in [6, 6.07) is 0. The minimum Gasteiger partial charge on any atom is -0.364 e. The molecule has 1 aliphatic rings. The molecular formula is C10H15BrN4. The maximum Gasteiger partial charge on any atom is 0.224 e. The second kappa shape index (κ2) is 3.96. The van der Waals surface area contributed by atoms with Gasteiger partial charge in [-0.2, -0.15) is 4.98 Å². The Morgan fingerprint density at radius 1 is 1.47 bits per heavy atom. The molecule has 0 atom stereocenters. The maximum atomic E-state index is 4.38. The van der Waals surface area contributed by atoms with Gasteiger partial charge in [-0.3, -0.25) is 0 Å². The molecule has 2 N–H and O–H groups in total. The molecule has 15 heavy (non-hydrogen) atoms. The van der Waals surface area contributed by atoms with Crippen molar-refractivity contribution < 1.29 is 0 Å². The fourth-order valence-electron chi connectivity index (χ4n) is 1.69. The molecular weight excluding hydrogens is 256 g/mol. The van der Waals surface area contributed by atoms with Crippen molar-refractivity contribution >= 4 is 27.7 Å². The Labute approximate surface area is 98.0 Å². The largest absolute Gasteiger partial charge is 0.364 e. The molecule has 0 saturated heterocycles. The third-order valence-corrected chi connectivity index (χ3v) is 3.43. The van der Waals surface area contributed by atoms with E-state index in [4.69, 9.17) is 0 Å². The topological polar surface area (TPSA) is 49.8 Å². The van der Waals surface area contributed by atoms with Crippen molar-refractivity contribution in [2.24, 2.45) is 0 Å². The van der Waals surface area contributed by atoms with E-state index in [0.717, 1.165) is 10.3 Å². The van der Waals surface area contributed by atoms with E-state index in [2.05, 4.69) is 43.5 Å². The van der Waals surface area contributed by atoms with E-state index < -0.39 is 0 Å². The quantitative estimate of drug-likeness (QED) is 0.887. The zero-order chi connectivity index (χ0) is 10.9. The number of anilines is 2. The van der Waals surface area contributed by atoms with E-state index in [9.17, 15) is 0 Å². The SMILES string of the molecule is CNc1ncc(Br)c(NC2(C)CCC2)n1. The second-order valence-corrected chi connectivity index (χ2v) is 5.03. The molecule has 0 unspecified atom stereocenters. The molecule has 0 aromatic carbocycles. The summed E-state index contributed by atoms with van der Waals surface area (Å²) >= 11 is 3.45. The number of nitrogens with one attached hydrogen (secondary N) is 2. The van der Waals surface area contributed by atoms with E-state index in [-0.39, 0.29) is 5.54 Å². The summed E-state index contributed by atoms with van der Waals surface area (Å²) < 4.78 is 0.912. The van der Waals surface area contributed by atoms with Crippen LogP contribution in [0.2, 0.25) is 0 Å². The fourth-order valence-corrected chi connectivity index (χ4v) is 1.98. The van der Waals surface area contributed by atoms with Crippen molar-refractivity contribution in [2.75, 3.05) is 17.7 Å². The Kier molecular flexibility index (Phi) is 2.82. The molecule has 1 aliphatic carbocycles. The number of aromatic nitrogens is 2. The average Bonchev–Trinajstić information content (AvgIpc) is 2.19. The molecule has 0 aliphatic heterocycles. The first-order valence-corrected chi connectivity index (χ1v) is 5.91. The van der Waals surface area contributed by atoms with Gasteiger partial charge < -0.3 is 10.6 Å². The van der Waals surface area contributed by atoms with Gasteiger partial charge in [-0.15, -0.1) is 0 Å². The normalized spacial score (nSPS) is 18.1. The van der Waals surface area contributed by atoms with Gasteiger partial charge in [-0.05, 0) is 42.1 Å². The zero-order valence-corrected chi connectivity index (χ0v) is 10.6. The molecule has 0 spiro atoms. The molecule has 1 heterocycles. The van der Waals surface area contributed by atoms with E-state index in [1.807, 2.05) is 7.05 Å². The second-order valence-electron chi connectivity index (χ2n) is 4.18. The predicted molar refractivity (Wildman–Crippen MR) is 65.2 cm³/mol. The van der Waals surface area contributed by atoms with Crippen LogP contribution in [-0.4, -0.2) is 22.6 Å². The molecule has 1 aromatic heterocycles. The standard InChI is InChI=1S/C10H15BrN4/c1-10(4-3-5-10)15-8-7(11)6-13-9(12-2)14-8/h6H,3-5H2,1-2H3,(H2,12,13,14,15). The van der Waals surface area contributed by atoms with E-state index >= 15 is 0 Å². The summed E-state index contributed by atoms with van der Waals surface area (Å²) in [5.74, 6) is 1.51. The summed E-state index contributed by atoms with van der Waals surface area (Å²) in [6.45, 7) is 2.23. The number of hydrogen-bond acceptors (Lipinski definition) is 4. The first-order valence-electron chi connectivity index (χ1n) is 5.11. The van der Waals surface area contributed by atoms with Crippen LogP contribution >= 0.6 is 15.9 Å². The highest BCUT2D eigenvalue weighted by atomic mass is 79.9. The van der Waals surface area contributed by atoms with Crippen molar-refractivity contribution in [1.82, 2.24) is 9.97 Å². The van der Waals surface area contributed by atoms with Crippen molar-refractivity contribution in [2.45, 2.75) is 31.7 Å². The molecule has 0 bridgehead atoms. The highest BCUT2D eigenvalue weighted by molar-refractivity contribution is 9.10. The summed E-state index contributed by atoms with van der Waals surface area (Å²) in [7, 11) is 1.82. The predicted octanol–water partition coefficient (Wildman–Crippen LogP) is 2.64. The van der Waals surface area contributed by atoms with E-state index in [1.54, 1.807) is 6.20 Å². The minimum atomic E-state index is 0.210. The van der Waals surface area contributed by atoms with Crippen LogP contribution in [0.3, 0.4) is 0 Å². The summed E-state index contributed by atoms with van der Waals surface area (Å²) in [5, 5.41) is 6.39. The Balaban J connectivity index is 2.19. The van der Waals surface area contributed by atoms with Crippen LogP contribution < -0.4 is 10.6 Å². The molecule has 1 aromatic rings. The minimum absolute atomic E-state index is 0.210. The molecule has 0 radical (unpaired) electrons. The summed E-state index contributed by atoms with van der Waals surface area (Å²) in [6.07, 6.45) is 5.48. The third kappa shape index (κ3) is 2.22. The van der Waals surface area contributed by atoms with Crippen LogP contribution in [0.4, 0.5) is 11.8 Å². The van der Waals surface area contributed by atoms with Gasteiger partial charge in [0.25, 0.3) is 0 Å². The van der Waals surface area contributed by atoms with Gasteiger partial charge >= 0.3 is 0 Å². The number of nitrogens with zero attached hydrogens (tertiary/aromatic N) is 2. The summed E-state index contributed by atoms with van der Waals surface area (Å²) in [5.41, 5.74) is 0.210. The Morgan fingerprint density at radius 3 is 2.73 bits per heavy atom. The molecule has 4 nitrogen and oxygen atoms in total. The van der Waals surface area contributed by atoms with Crippen LogP contribution in [0.25, 0.3) is 0 Å². The lowest BCUT2D eigenvalue weighted by Crippen LogP contribution is -2.42. The molecule has 0 amide bonds. The third-order valence-electron chi connectivity index (χ3n) is 2.84. The number of hydrogen-bond donors (Lipinski definition) is 2. The van der Waals surface area contributed by atoms with Gasteiger partial charge in [0.2, 0.25) is 5.95 Å². The van der Waals surface area contributed by atoms with Gasteiger partial charge in [-0.25, -0.2) is 4.98 Å². The van der Waals surface area contributed by atoms with E-state index in [1.165, 1.54) is 19.3 Å². The van der Waals surface area contributed by atoms with Crippen LogP contribution in [-0.2, 0) is 0 Å². The highest BCUT2D eigenvalue weighted by Crippen LogP contribution is 2.35. The average molecular weight is 271 g/mol. The zero-order valence-electron chi connectivity index (χ0n) is 8.97. The van der Waals surface area contributed by atoms with Crippen LogP contribution in [0, 0.1) is 0 Å². The number of rotatable bonds is 3. The van der Waals surface area contributed by atoms with Gasteiger partial charge in [0, 0.05) is 18.8 Å². The molecule has 1 saturated carbocycles. The first kappa shape index (κ1) is 10.7. The van der Waals surface area contributed by atoms with Crippen molar-refractivity contribution in [3.8, 4) is 0 Å². The molecule has 1 fully saturated rings. The Hall–Kier alpha value is -0.840. The van der Waals surface area contributed by atoms with Gasteiger partial charge in [0.1, 0.15) is 5.82 Å². The lowest BCUT2D eigenvalue weighted by atomic mass is 9.78. The van der Waals surface area contributed by atoms with Gasteiger partial charge in [-0.1, -0.05) is 0 Å². The Morgan fingerprint density at radius 2 is 2.20 bits per heavy atom. The van der Waals surface area contributed by atoms with Crippen LogP contribution in [0.1, 0.15) is 26.2 Å². The van der Waals surface area contributed by atoms with Gasteiger partial charge in [0.05, 0.1) is 4.47 Å². The van der Waals surface area contributed by atoms with E-state index in [0.29, 0.717) is 5.95 Å². The van der Waals surface area contributed by atoms with Crippen LogP contribution in [0.15, 0.2) is 10.7 Å². The lowest BCUT2D eigenvalue weighted by Gasteiger charge is -2.39. The molecule has 5 heteroatoms. The van der Waals surface area contributed by atoms with Crippen molar-refractivity contribution in [1.29, 1.82) is 0 Å². The highest BCUT2D eigenvalue weighted by Gasteiger charge is 2.32. The molecule has 82 valence electrons.